The summed E-state index contributed by atoms with van der Waals surface area (Å²) in [5, 5.41) is 0. The minimum absolute atomic E-state index is 0.834. The number of unbranched alkanes of at least 4 members (excludes halogenated alkanes) is 14. The SMILES string of the molecule is CCCCCCCCCC[N+](CCCCCCCCCC)(C1CC(C)CCC1C(C)C)C1CC(C)CCC1C(C)C. The predicted octanol–water partition coefficient (Wildman–Crippen LogP) is 13.0. The van der Waals surface area contributed by atoms with Gasteiger partial charge in [-0.05, 0) is 75.0 Å². The molecule has 2 saturated carbocycles. The molecule has 6 atom stereocenters. The summed E-state index contributed by atoms with van der Waals surface area (Å²) >= 11 is 0. The molecule has 41 heavy (non-hydrogen) atoms. The van der Waals surface area contributed by atoms with Gasteiger partial charge in [-0.3, -0.25) is 0 Å². The van der Waals surface area contributed by atoms with Gasteiger partial charge in [-0.15, -0.1) is 0 Å². The van der Waals surface area contributed by atoms with Gasteiger partial charge in [0.2, 0.25) is 0 Å². The molecule has 0 saturated heterocycles. The molecule has 6 unspecified atom stereocenters. The fraction of sp³-hybridized carbons (Fsp3) is 1.00. The molecule has 0 spiro atoms. The van der Waals surface area contributed by atoms with E-state index in [9.17, 15) is 0 Å². The van der Waals surface area contributed by atoms with E-state index in [0.717, 1.165) is 47.6 Å². The highest BCUT2D eigenvalue weighted by Gasteiger charge is 2.52. The standard InChI is InChI=1S/C40H80N/c1-9-11-13-15-17-19-21-23-29-41(30-24-22-20-18-16-14-12-10-2,39-31-35(7)25-27-37(39)33(3)4)40-32-36(8)26-28-38(40)34(5)6/h33-40H,9-32H2,1-8H3/q+1. The predicted molar refractivity (Wildman–Crippen MR) is 185 cm³/mol. The van der Waals surface area contributed by atoms with Crippen molar-refractivity contribution in [2.24, 2.45) is 35.5 Å². The lowest BCUT2D eigenvalue weighted by molar-refractivity contribution is -0.984. The zero-order valence-corrected chi connectivity index (χ0v) is 30.0. The fourth-order valence-corrected chi connectivity index (χ4v) is 9.59. The Hall–Kier alpha value is -0.0400. The average molecular weight is 575 g/mol. The second-order valence-corrected chi connectivity index (χ2v) is 16.3. The van der Waals surface area contributed by atoms with Gasteiger partial charge >= 0.3 is 0 Å². The smallest absolute Gasteiger partial charge is 0.0925 e. The topological polar surface area (TPSA) is 0 Å². The van der Waals surface area contributed by atoms with Crippen molar-refractivity contribution < 1.29 is 4.48 Å². The van der Waals surface area contributed by atoms with Crippen LogP contribution in [0.2, 0.25) is 0 Å². The Labute approximate surface area is 261 Å². The molecular weight excluding hydrogens is 494 g/mol. The Bertz CT molecular complexity index is 568. The van der Waals surface area contributed by atoms with Crippen LogP contribution in [0.15, 0.2) is 0 Å². The maximum absolute atomic E-state index is 2.61. The lowest BCUT2D eigenvalue weighted by Crippen LogP contribution is -2.69. The van der Waals surface area contributed by atoms with Gasteiger partial charge in [-0.1, -0.05) is 132 Å². The third-order valence-corrected chi connectivity index (χ3v) is 12.2. The molecule has 0 heterocycles. The highest BCUT2D eigenvalue weighted by atomic mass is 15.4. The van der Waals surface area contributed by atoms with Crippen LogP contribution in [-0.4, -0.2) is 29.7 Å². The quantitative estimate of drug-likeness (QED) is 0.0891. The minimum atomic E-state index is 0.834. The van der Waals surface area contributed by atoms with Crippen LogP contribution in [0.3, 0.4) is 0 Å². The molecule has 0 radical (unpaired) electrons. The van der Waals surface area contributed by atoms with Crippen molar-refractivity contribution in [3.05, 3.63) is 0 Å². The summed E-state index contributed by atoms with van der Waals surface area (Å²) in [5.41, 5.74) is 0. The minimum Gasteiger partial charge on any atom is -0.318 e. The van der Waals surface area contributed by atoms with E-state index < -0.39 is 0 Å². The van der Waals surface area contributed by atoms with Gasteiger partial charge in [0.15, 0.2) is 0 Å². The van der Waals surface area contributed by atoms with Gasteiger partial charge in [0.1, 0.15) is 0 Å². The van der Waals surface area contributed by atoms with E-state index in [0.29, 0.717) is 0 Å². The highest BCUT2D eigenvalue weighted by molar-refractivity contribution is 4.89. The van der Waals surface area contributed by atoms with E-state index in [2.05, 4.69) is 55.4 Å². The summed E-state index contributed by atoms with van der Waals surface area (Å²) in [6.07, 6.45) is 32.2. The Kier molecular flexibility index (Phi) is 18.9. The number of nitrogens with zero attached hydrogens (tertiary/aromatic N) is 1. The molecule has 1 heteroatoms. The maximum Gasteiger partial charge on any atom is 0.0925 e. The number of quaternary nitrogens is 1. The van der Waals surface area contributed by atoms with Crippen LogP contribution in [-0.2, 0) is 0 Å². The second kappa shape index (κ2) is 20.8. The molecule has 0 amide bonds. The summed E-state index contributed by atoms with van der Waals surface area (Å²) in [6.45, 7) is 23.2. The summed E-state index contributed by atoms with van der Waals surface area (Å²) in [7, 11) is 0. The van der Waals surface area contributed by atoms with E-state index in [-0.39, 0.29) is 0 Å². The first-order valence-corrected chi connectivity index (χ1v) is 19.6. The van der Waals surface area contributed by atoms with Crippen molar-refractivity contribution in [2.75, 3.05) is 13.1 Å². The van der Waals surface area contributed by atoms with Gasteiger partial charge in [-0.2, -0.15) is 0 Å². The van der Waals surface area contributed by atoms with Crippen molar-refractivity contribution in [1.82, 2.24) is 0 Å². The van der Waals surface area contributed by atoms with Crippen molar-refractivity contribution in [2.45, 2.75) is 209 Å². The van der Waals surface area contributed by atoms with Crippen molar-refractivity contribution in [1.29, 1.82) is 0 Å². The summed E-state index contributed by atoms with van der Waals surface area (Å²) in [4.78, 5) is 0. The molecule has 2 fully saturated rings. The average Bonchev–Trinajstić information content (AvgIpc) is 2.94. The van der Waals surface area contributed by atoms with Crippen molar-refractivity contribution >= 4 is 0 Å². The number of rotatable bonds is 22. The molecule has 1 nitrogen and oxygen atoms in total. The van der Waals surface area contributed by atoms with Crippen LogP contribution in [0.5, 0.6) is 0 Å². The zero-order chi connectivity index (χ0) is 30.1. The third kappa shape index (κ3) is 12.5. The summed E-state index contributed by atoms with van der Waals surface area (Å²) in [5.74, 6) is 5.37. The van der Waals surface area contributed by atoms with Crippen LogP contribution in [0, 0.1) is 35.5 Å². The monoisotopic (exact) mass is 575 g/mol. The Morgan fingerprint density at radius 1 is 0.463 bits per heavy atom. The molecule has 0 aromatic heterocycles. The molecule has 2 aliphatic carbocycles. The molecule has 0 aromatic rings. The van der Waals surface area contributed by atoms with Gasteiger partial charge in [0.05, 0.1) is 25.2 Å². The maximum atomic E-state index is 2.61. The number of hydrogen-bond donors (Lipinski definition) is 0. The summed E-state index contributed by atoms with van der Waals surface area (Å²) < 4.78 is 1.53. The Morgan fingerprint density at radius 2 is 0.780 bits per heavy atom. The normalized spacial score (nSPS) is 27.7. The molecule has 0 aromatic carbocycles. The zero-order valence-electron chi connectivity index (χ0n) is 30.0. The largest absolute Gasteiger partial charge is 0.318 e. The molecule has 244 valence electrons. The molecule has 0 bridgehead atoms. The van der Waals surface area contributed by atoms with Crippen LogP contribution < -0.4 is 0 Å². The van der Waals surface area contributed by atoms with E-state index in [1.165, 1.54) is 159 Å². The molecule has 0 aliphatic heterocycles. The van der Waals surface area contributed by atoms with Crippen LogP contribution in [0.25, 0.3) is 0 Å². The second-order valence-electron chi connectivity index (χ2n) is 16.3. The van der Waals surface area contributed by atoms with E-state index in [4.69, 9.17) is 0 Å². The molecule has 0 N–H and O–H groups in total. The van der Waals surface area contributed by atoms with Crippen LogP contribution in [0.1, 0.15) is 197 Å². The lowest BCUT2D eigenvalue weighted by atomic mass is 9.67. The van der Waals surface area contributed by atoms with Crippen molar-refractivity contribution in [3.63, 3.8) is 0 Å². The Balaban J connectivity index is 2.30. The highest BCUT2D eigenvalue weighted by Crippen LogP contribution is 2.48. The first-order valence-electron chi connectivity index (χ1n) is 19.6. The third-order valence-electron chi connectivity index (χ3n) is 12.2. The van der Waals surface area contributed by atoms with Gasteiger partial charge in [0, 0.05) is 24.7 Å². The van der Waals surface area contributed by atoms with E-state index >= 15 is 0 Å². The fourth-order valence-electron chi connectivity index (χ4n) is 9.59. The molecular formula is C40H80N+. The van der Waals surface area contributed by atoms with Crippen LogP contribution >= 0.6 is 0 Å². The first-order chi connectivity index (χ1) is 19.8. The summed E-state index contributed by atoms with van der Waals surface area (Å²) in [6, 6.07) is 1.81. The first kappa shape index (κ1) is 37.1. The Morgan fingerprint density at radius 3 is 1.10 bits per heavy atom. The van der Waals surface area contributed by atoms with Gasteiger partial charge in [0.25, 0.3) is 0 Å². The van der Waals surface area contributed by atoms with E-state index in [1.54, 1.807) is 0 Å². The molecule has 2 aliphatic rings. The van der Waals surface area contributed by atoms with Crippen molar-refractivity contribution in [3.8, 4) is 0 Å². The van der Waals surface area contributed by atoms with Gasteiger partial charge < -0.3 is 4.48 Å². The molecule has 2 rings (SSSR count). The van der Waals surface area contributed by atoms with Crippen LogP contribution in [0.4, 0.5) is 0 Å². The van der Waals surface area contributed by atoms with E-state index in [1.807, 2.05) is 0 Å². The number of hydrogen-bond acceptors (Lipinski definition) is 0. The van der Waals surface area contributed by atoms with Gasteiger partial charge in [-0.25, -0.2) is 0 Å². The lowest BCUT2D eigenvalue weighted by Gasteiger charge is -2.59.